The molecule has 1 N–H and O–H groups in total. The maximum atomic E-state index is 11.2. The minimum absolute atomic E-state index is 0.0929. The predicted molar refractivity (Wildman–Crippen MR) is 42.2 cm³/mol. The number of rotatable bonds is 1. The molecule has 3 nitrogen and oxygen atoms in total. The number of carbonyl (C=O) groups is 1. The van der Waals surface area contributed by atoms with E-state index in [2.05, 4.69) is 5.32 Å². The third-order valence-electron chi connectivity index (χ3n) is 2.28. The van der Waals surface area contributed by atoms with Crippen LogP contribution in [0.25, 0.3) is 0 Å². The van der Waals surface area contributed by atoms with Gasteiger partial charge in [-0.2, -0.15) is 0 Å². The second-order valence-electron chi connectivity index (χ2n) is 3.33. The van der Waals surface area contributed by atoms with Gasteiger partial charge in [0.1, 0.15) is 0 Å². The Bertz CT molecular complexity index is 150. The number of hydrogen-bond acceptors (Lipinski definition) is 3. The first-order chi connectivity index (χ1) is 5.19. The molecule has 0 aromatic heterocycles. The van der Waals surface area contributed by atoms with Crippen molar-refractivity contribution in [2.75, 3.05) is 20.2 Å². The van der Waals surface area contributed by atoms with Gasteiger partial charge in [0.05, 0.1) is 12.5 Å². The third kappa shape index (κ3) is 1.71. The fourth-order valence-electron chi connectivity index (χ4n) is 1.48. The summed E-state index contributed by atoms with van der Waals surface area (Å²) in [4.78, 5) is 11.2. The van der Waals surface area contributed by atoms with E-state index in [4.69, 9.17) is 4.74 Å². The molecule has 0 aromatic carbocycles. The van der Waals surface area contributed by atoms with Gasteiger partial charge in [-0.3, -0.25) is 4.79 Å². The predicted octanol–water partition coefficient (Wildman–Crippen LogP) is 0.549. The molecule has 11 heavy (non-hydrogen) atoms. The van der Waals surface area contributed by atoms with Crippen LogP contribution in [-0.2, 0) is 9.53 Å². The first-order valence-corrected chi connectivity index (χ1v) is 3.98. The van der Waals surface area contributed by atoms with Crippen LogP contribution in [0.1, 0.15) is 19.8 Å². The molecule has 0 unspecified atom stereocenters. The average molecular weight is 157 g/mol. The standard InChI is InChI=1S/C8H15NO2/c1-8(7(10)11-2)4-3-5-9-6-8/h9H,3-6H2,1-2H3/t8-/m0/s1. The second kappa shape index (κ2) is 3.22. The molecule has 64 valence electrons. The van der Waals surface area contributed by atoms with E-state index in [1.807, 2.05) is 6.92 Å². The number of esters is 1. The van der Waals surface area contributed by atoms with Gasteiger partial charge in [0, 0.05) is 6.54 Å². The first-order valence-electron chi connectivity index (χ1n) is 3.98. The van der Waals surface area contributed by atoms with Gasteiger partial charge in [-0.1, -0.05) is 0 Å². The molecular formula is C8H15NO2. The van der Waals surface area contributed by atoms with Crippen molar-refractivity contribution in [1.82, 2.24) is 5.32 Å². The second-order valence-corrected chi connectivity index (χ2v) is 3.33. The number of nitrogens with one attached hydrogen (secondary N) is 1. The van der Waals surface area contributed by atoms with E-state index >= 15 is 0 Å². The summed E-state index contributed by atoms with van der Waals surface area (Å²) in [7, 11) is 1.45. The molecule has 3 heteroatoms. The van der Waals surface area contributed by atoms with E-state index in [0.29, 0.717) is 0 Å². The van der Waals surface area contributed by atoms with Gasteiger partial charge in [0.2, 0.25) is 0 Å². The molecule has 0 spiro atoms. The molecule has 1 aliphatic rings. The van der Waals surface area contributed by atoms with Gasteiger partial charge in [0.15, 0.2) is 0 Å². The third-order valence-corrected chi connectivity index (χ3v) is 2.28. The number of carbonyl (C=O) groups excluding carboxylic acids is 1. The van der Waals surface area contributed by atoms with Gasteiger partial charge in [-0.25, -0.2) is 0 Å². The van der Waals surface area contributed by atoms with Crippen molar-refractivity contribution < 1.29 is 9.53 Å². The van der Waals surface area contributed by atoms with Crippen LogP contribution < -0.4 is 5.32 Å². The zero-order chi connectivity index (χ0) is 8.32. The lowest BCUT2D eigenvalue weighted by molar-refractivity contribution is -0.152. The summed E-state index contributed by atoms with van der Waals surface area (Å²) < 4.78 is 4.71. The van der Waals surface area contributed by atoms with Crippen LogP contribution in [0, 0.1) is 5.41 Å². The van der Waals surface area contributed by atoms with Crippen LogP contribution in [0.3, 0.4) is 0 Å². The van der Waals surface area contributed by atoms with E-state index in [1.165, 1.54) is 7.11 Å². The van der Waals surface area contributed by atoms with Crippen molar-refractivity contribution in [3.8, 4) is 0 Å². The lowest BCUT2D eigenvalue weighted by Gasteiger charge is -2.30. The summed E-state index contributed by atoms with van der Waals surface area (Å²) in [6.45, 7) is 3.72. The summed E-state index contributed by atoms with van der Waals surface area (Å²) in [5.41, 5.74) is -0.285. The molecule has 0 aromatic rings. The molecule has 0 amide bonds. The van der Waals surface area contributed by atoms with Gasteiger partial charge < -0.3 is 10.1 Å². The van der Waals surface area contributed by atoms with Crippen LogP contribution in [-0.4, -0.2) is 26.2 Å². The molecule has 1 heterocycles. The van der Waals surface area contributed by atoms with Crippen molar-refractivity contribution in [3.63, 3.8) is 0 Å². The lowest BCUT2D eigenvalue weighted by atomic mass is 9.83. The van der Waals surface area contributed by atoms with Crippen LogP contribution in [0.15, 0.2) is 0 Å². The topological polar surface area (TPSA) is 38.3 Å². The SMILES string of the molecule is COC(=O)[C@@]1(C)CCCNC1. The monoisotopic (exact) mass is 157 g/mol. The van der Waals surface area contributed by atoms with E-state index in [-0.39, 0.29) is 11.4 Å². The van der Waals surface area contributed by atoms with E-state index in [1.54, 1.807) is 0 Å². The Morgan fingerprint density at radius 2 is 2.36 bits per heavy atom. The smallest absolute Gasteiger partial charge is 0.312 e. The number of methoxy groups -OCH3 is 1. The zero-order valence-corrected chi connectivity index (χ0v) is 7.14. The minimum atomic E-state index is -0.285. The van der Waals surface area contributed by atoms with Crippen LogP contribution in [0.2, 0.25) is 0 Å². The highest BCUT2D eigenvalue weighted by molar-refractivity contribution is 5.76. The van der Waals surface area contributed by atoms with Crippen molar-refractivity contribution in [2.24, 2.45) is 5.41 Å². The summed E-state index contributed by atoms with van der Waals surface area (Å²) in [5.74, 6) is -0.0929. The number of hydrogen-bond donors (Lipinski definition) is 1. The summed E-state index contributed by atoms with van der Waals surface area (Å²) in [5, 5.41) is 3.19. The fraction of sp³-hybridized carbons (Fsp3) is 0.875. The summed E-state index contributed by atoms with van der Waals surface area (Å²) in [6.07, 6.45) is 2.00. The molecule has 0 bridgehead atoms. The molecule has 0 radical (unpaired) electrons. The van der Waals surface area contributed by atoms with Crippen molar-refractivity contribution in [2.45, 2.75) is 19.8 Å². The van der Waals surface area contributed by atoms with Crippen molar-refractivity contribution in [1.29, 1.82) is 0 Å². The average Bonchev–Trinajstić information content (AvgIpc) is 2.04. The molecule has 1 fully saturated rings. The molecule has 1 aliphatic heterocycles. The van der Waals surface area contributed by atoms with Crippen LogP contribution in [0.4, 0.5) is 0 Å². The highest BCUT2D eigenvalue weighted by Gasteiger charge is 2.35. The fourth-order valence-corrected chi connectivity index (χ4v) is 1.48. The lowest BCUT2D eigenvalue weighted by Crippen LogP contribution is -2.43. The summed E-state index contributed by atoms with van der Waals surface area (Å²) in [6, 6.07) is 0. The Balaban J connectivity index is 2.56. The Morgan fingerprint density at radius 1 is 1.64 bits per heavy atom. The number of ether oxygens (including phenoxy) is 1. The molecule has 1 saturated heterocycles. The maximum absolute atomic E-state index is 11.2. The highest BCUT2D eigenvalue weighted by atomic mass is 16.5. The molecule has 0 saturated carbocycles. The van der Waals surface area contributed by atoms with Crippen LogP contribution in [0.5, 0.6) is 0 Å². The van der Waals surface area contributed by atoms with E-state index < -0.39 is 0 Å². The van der Waals surface area contributed by atoms with Gasteiger partial charge >= 0.3 is 5.97 Å². The van der Waals surface area contributed by atoms with Gasteiger partial charge in [0.25, 0.3) is 0 Å². The molecule has 0 aliphatic carbocycles. The first kappa shape index (κ1) is 8.53. The largest absolute Gasteiger partial charge is 0.469 e. The molecular weight excluding hydrogens is 142 g/mol. The Kier molecular flexibility index (Phi) is 2.49. The Hall–Kier alpha value is -0.570. The Labute approximate surface area is 67.1 Å². The Morgan fingerprint density at radius 3 is 2.82 bits per heavy atom. The van der Waals surface area contributed by atoms with Crippen molar-refractivity contribution in [3.05, 3.63) is 0 Å². The van der Waals surface area contributed by atoms with Gasteiger partial charge in [-0.05, 0) is 26.3 Å². The van der Waals surface area contributed by atoms with E-state index in [0.717, 1.165) is 25.9 Å². The van der Waals surface area contributed by atoms with E-state index in [9.17, 15) is 4.79 Å². The number of piperidine rings is 1. The minimum Gasteiger partial charge on any atom is -0.469 e. The normalized spacial score (nSPS) is 31.5. The molecule has 1 rings (SSSR count). The van der Waals surface area contributed by atoms with Crippen LogP contribution >= 0.6 is 0 Å². The highest BCUT2D eigenvalue weighted by Crippen LogP contribution is 2.26. The quantitative estimate of drug-likeness (QED) is 0.565. The summed E-state index contributed by atoms with van der Waals surface area (Å²) >= 11 is 0. The zero-order valence-electron chi connectivity index (χ0n) is 7.14. The van der Waals surface area contributed by atoms with Gasteiger partial charge in [-0.15, -0.1) is 0 Å². The molecule has 1 atom stereocenters. The van der Waals surface area contributed by atoms with Crippen molar-refractivity contribution >= 4 is 5.97 Å². The maximum Gasteiger partial charge on any atom is 0.312 e.